The van der Waals surface area contributed by atoms with Crippen molar-refractivity contribution < 1.29 is 0 Å². The molecule has 1 fully saturated rings. The number of pyridine rings is 1. The van der Waals surface area contributed by atoms with Gasteiger partial charge in [0.2, 0.25) is 0 Å². The van der Waals surface area contributed by atoms with Crippen LogP contribution >= 0.6 is 15.9 Å². The standard InChI is InChI=1S/C20H22BrN3/c1-14-3-2-11-24(12-9-14)16-6-4-15(5-7-16)19-13-17-18(21)8-10-22-20(17)23-19/h4-8,10,13-14H,2-3,9,11-12H2,1H3,(H,22,23). The highest BCUT2D eigenvalue weighted by Crippen LogP contribution is 2.30. The molecule has 0 saturated carbocycles. The van der Waals surface area contributed by atoms with Gasteiger partial charge in [-0.2, -0.15) is 0 Å². The molecule has 1 aromatic carbocycles. The molecule has 3 aromatic rings. The van der Waals surface area contributed by atoms with Crippen LogP contribution in [0, 0.1) is 5.92 Å². The summed E-state index contributed by atoms with van der Waals surface area (Å²) in [5.41, 5.74) is 4.57. The summed E-state index contributed by atoms with van der Waals surface area (Å²) < 4.78 is 1.07. The molecular weight excluding hydrogens is 362 g/mol. The van der Waals surface area contributed by atoms with Crippen LogP contribution in [0.1, 0.15) is 26.2 Å². The maximum atomic E-state index is 4.40. The highest BCUT2D eigenvalue weighted by molar-refractivity contribution is 9.10. The number of nitrogens with one attached hydrogen (secondary N) is 1. The van der Waals surface area contributed by atoms with Crippen LogP contribution in [0.5, 0.6) is 0 Å². The first-order chi connectivity index (χ1) is 11.7. The summed E-state index contributed by atoms with van der Waals surface area (Å²) >= 11 is 3.59. The fraction of sp³-hybridized carbons (Fsp3) is 0.350. The summed E-state index contributed by atoms with van der Waals surface area (Å²) in [6.07, 6.45) is 5.76. The number of H-pyrrole nitrogens is 1. The molecule has 124 valence electrons. The first-order valence-electron chi connectivity index (χ1n) is 8.69. The molecule has 4 rings (SSSR count). The van der Waals surface area contributed by atoms with E-state index < -0.39 is 0 Å². The molecule has 1 aliphatic heterocycles. The van der Waals surface area contributed by atoms with Crippen molar-refractivity contribution in [2.75, 3.05) is 18.0 Å². The van der Waals surface area contributed by atoms with E-state index in [-0.39, 0.29) is 0 Å². The Balaban J connectivity index is 1.59. The van der Waals surface area contributed by atoms with Gasteiger partial charge in [-0.15, -0.1) is 0 Å². The number of hydrogen-bond acceptors (Lipinski definition) is 2. The number of nitrogens with zero attached hydrogens (tertiary/aromatic N) is 2. The summed E-state index contributed by atoms with van der Waals surface area (Å²) in [5.74, 6) is 0.853. The Morgan fingerprint density at radius 3 is 2.75 bits per heavy atom. The lowest BCUT2D eigenvalue weighted by molar-refractivity contribution is 0.521. The number of fused-ring (bicyclic) bond motifs is 1. The first-order valence-corrected chi connectivity index (χ1v) is 9.48. The van der Waals surface area contributed by atoms with E-state index in [4.69, 9.17) is 0 Å². The van der Waals surface area contributed by atoms with Crippen molar-refractivity contribution in [3.05, 3.63) is 47.1 Å². The van der Waals surface area contributed by atoms with Crippen LogP contribution in [0.2, 0.25) is 0 Å². The molecule has 0 spiro atoms. The minimum atomic E-state index is 0.853. The number of aromatic nitrogens is 2. The fourth-order valence-electron chi connectivity index (χ4n) is 3.52. The highest BCUT2D eigenvalue weighted by atomic mass is 79.9. The van der Waals surface area contributed by atoms with Gasteiger partial charge in [0.05, 0.1) is 0 Å². The lowest BCUT2D eigenvalue weighted by atomic mass is 10.0. The van der Waals surface area contributed by atoms with Gasteiger partial charge in [0.25, 0.3) is 0 Å². The second-order valence-corrected chi connectivity index (χ2v) is 7.66. The monoisotopic (exact) mass is 383 g/mol. The predicted octanol–water partition coefficient (Wildman–Crippen LogP) is 5.62. The largest absolute Gasteiger partial charge is 0.372 e. The SMILES string of the molecule is CC1CCCN(c2ccc(-c3cc4c(Br)ccnc4[nH]3)cc2)CC1. The van der Waals surface area contributed by atoms with Crippen LogP contribution in [0.4, 0.5) is 5.69 Å². The summed E-state index contributed by atoms with van der Waals surface area (Å²) in [4.78, 5) is 10.3. The van der Waals surface area contributed by atoms with Gasteiger partial charge in [0, 0.05) is 40.5 Å². The number of rotatable bonds is 2. The number of hydrogen-bond donors (Lipinski definition) is 1. The van der Waals surface area contributed by atoms with Gasteiger partial charge in [-0.3, -0.25) is 0 Å². The van der Waals surface area contributed by atoms with E-state index in [2.05, 4.69) is 68.1 Å². The van der Waals surface area contributed by atoms with Crippen molar-refractivity contribution in [1.82, 2.24) is 9.97 Å². The van der Waals surface area contributed by atoms with Gasteiger partial charge in [-0.1, -0.05) is 19.1 Å². The van der Waals surface area contributed by atoms with E-state index in [1.54, 1.807) is 0 Å². The third-order valence-corrected chi connectivity index (χ3v) is 5.73. The maximum absolute atomic E-state index is 4.40. The lowest BCUT2D eigenvalue weighted by Gasteiger charge is -2.23. The lowest BCUT2D eigenvalue weighted by Crippen LogP contribution is -2.23. The molecular formula is C20H22BrN3. The van der Waals surface area contributed by atoms with E-state index >= 15 is 0 Å². The zero-order valence-electron chi connectivity index (χ0n) is 13.9. The zero-order valence-corrected chi connectivity index (χ0v) is 15.5. The molecule has 0 bridgehead atoms. The Kier molecular flexibility index (Phi) is 4.31. The molecule has 24 heavy (non-hydrogen) atoms. The molecule has 1 saturated heterocycles. The van der Waals surface area contributed by atoms with Gasteiger partial charge in [0.1, 0.15) is 5.65 Å². The van der Waals surface area contributed by atoms with Gasteiger partial charge in [-0.25, -0.2) is 4.98 Å². The molecule has 3 heterocycles. The van der Waals surface area contributed by atoms with E-state index in [1.165, 1.54) is 43.6 Å². The minimum Gasteiger partial charge on any atom is -0.372 e. The molecule has 0 aliphatic carbocycles. The topological polar surface area (TPSA) is 31.9 Å². The van der Waals surface area contributed by atoms with E-state index in [0.29, 0.717) is 0 Å². The number of anilines is 1. The Labute approximate surface area is 151 Å². The number of benzene rings is 1. The molecule has 1 atom stereocenters. The highest BCUT2D eigenvalue weighted by Gasteiger charge is 2.14. The predicted molar refractivity (Wildman–Crippen MR) is 104 cm³/mol. The maximum Gasteiger partial charge on any atom is 0.138 e. The summed E-state index contributed by atoms with van der Waals surface area (Å²) in [6.45, 7) is 4.71. The Hall–Kier alpha value is -1.81. The Morgan fingerprint density at radius 1 is 1.12 bits per heavy atom. The van der Waals surface area contributed by atoms with Crippen molar-refractivity contribution in [1.29, 1.82) is 0 Å². The molecule has 3 nitrogen and oxygen atoms in total. The first kappa shape index (κ1) is 15.7. The van der Waals surface area contributed by atoms with Crippen molar-refractivity contribution in [2.24, 2.45) is 5.92 Å². The second kappa shape index (κ2) is 6.60. The Bertz CT molecular complexity index is 838. The van der Waals surface area contributed by atoms with Gasteiger partial charge in [-0.05, 0) is 70.9 Å². The molecule has 0 radical (unpaired) electrons. The second-order valence-electron chi connectivity index (χ2n) is 6.81. The molecule has 0 amide bonds. The molecule has 4 heteroatoms. The van der Waals surface area contributed by atoms with Crippen LogP contribution in [0.25, 0.3) is 22.3 Å². The molecule has 1 aliphatic rings. The number of halogens is 1. The number of aromatic amines is 1. The smallest absolute Gasteiger partial charge is 0.138 e. The molecule has 1 N–H and O–H groups in total. The van der Waals surface area contributed by atoms with Gasteiger partial charge in [0.15, 0.2) is 0 Å². The average molecular weight is 384 g/mol. The van der Waals surface area contributed by atoms with Crippen LogP contribution in [0.3, 0.4) is 0 Å². The van der Waals surface area contributed by atoms with Crippen molar-refractivity contribution >= 4 is 32.7 Å². The van der Waals surface area contributed by atoms with E-state index in [1.807, 2.05) is 12.3 Å². The van der Waals surface area contributed by atoms with Crippen molar-refractivity contribution in [3.63, 3.8) is 0 Å². The van der Waals surface area contributed by atoms with E-state index in [0.717, 1.165) is 27.1 Å². The van der Waals surface area contributed by atoms with Gasteiger partial charge >= 0.3 is 0 Å². The van der Waals surface area contributed by atoms with Gasteiger partial charge < -0.3 is 9.88 Å². The summed E-state index contributed by atoms with van der Waals surface area (Å²) in [6, 6.07) is 13.1. The van der Waals surface area contributed by atoms with Crippen molar-refractivity contribution in [2.45, 2.75) is 26.2 Å². The molecule has 2 aromatic heterocycles. The van der Waals surface area contributed by atoms with Crippen molar-refractivity contribution in [3.8, 4) is 11.3 Å². The summed E-state index contributed by atoms with van der Waals surface area (Å²) in [5, 5.41) is 1.12. The van der Waals surface area contributed by atoms with Crippen LogP contribution < -0.4 is 4.90 Å². The Morgan fingerprint density at radius 2 is 1.96 bits per heavy atom. The van der Waals surface area contributed by atoms with E-state index in [9.17, 15) is 0 Å². The van der Waals surface area contributed by atoms with Crippen LogP contribution in [-0.4, -0.2) is 23.1 Å². The molecule has 1 unspecified atom stereocenters. The fourth-order valence-corrected chi connectivity index (χ4v) is 3.94. The minimum absolute atomic E-state index is 0.853. The van der Waals surface area contributed by atoms with Crippen LogP contribution in [0.15, 0.2) is 47.1 Å². The quantitative estimate of drug-likeness (QED) is 0.622. The normalized spacial score (nSPS) is 18.8. The third kappa shape index (κ3) is 3.07. The zero-order chi connectivity index (χ0) is 16.5. The average Bonchev–Trinajstić information content (AvgIpc) is 2.92. The summed E-state index contributed by atoms with van der Waals surface area (Å²) in [7, 11) is 0. The third-order valence-electron chi connectivity index (χ3n) is 5.04. The van der Waals surface area contributed by atoms with Crippen LogP contribution in [-0.2, 0) is 0 Å².